The standard InChI is InChI=1S/C25H35N9O7/c1-13(2)19(29-24(40)41-25(3,4)5)22(38)28-15(8-9-18(35)36)23(39)34-16(11-14-7-6-10-26-20(14)34)21(37)27-12-17-30-32-33-31-17/h6-7,10,13,15-16,19H,8-9,11-12H2,1-5H3,(H,27,37)(H,28,38)(H,29,40)(H,35,36)(H,30,31,32,33)/t15?,16-,19-/m0/s1. The van der Waals surface area contributed by atoms with E-state index in [1.54, 1.807) is 46.8 Å². The van der Waals surface area contributed by atoms with Crippen LogP contribution < -0.4 is 20.9 Å². The number of H-pyrrole nitrogens is 1. The maximum absolute atomic E-state index is 14.0. The lowest BCUT2D eigenvalue weighted by atomic mass is 10.0. The smallest absolute Gasteiger partial charge is 0.408 e. The molecule has 1 aliphatic heterocycles. The molecule has 0 bridgehead atoms. The van der Waals surface area contributed by atoms with E-state index in [0.29, 0.717) is 5.56 Å². The van der Waals surface area contributed by atoms with Crippen molar-refractivity contribution >= 4 is 35.6 Å². The molecule has 16 heteroatoms. The van der Waals surface area contributed by atoms with Crippen molar-refractivity contribution < 1.29 is 33.8 Å². The summed E-state index contributed by atoms with van der Waals surface area (Å²) >= 11 is 0. The number of tetrazole rings is 1. The average Bonchev–Trinajstić information content (AvgIpc) is 3.54. The van der Waals surface area contributed by atoms with Crippen LogP contribution in [-0.2, 0) is 36.9 Å². The van der Waals surface area contributed by atoms with Gasteiger partial charge in [0.15, 0.2) is 5.82 Å². The molecule has 16 nitrogen and oxygen atoms in total. The summed E-state index contributed by atoms with van der Waals surface area (Å²) in [6, 6.07) is -0.0899. The van der Waals surface area contributed by atoms with Crippen LogP contribution in [0.4, 0.5) is 10.6 Å². The van der Waals surface area contributed by atoms with Crippen molar-refractivity contribution in [1.29, 1.82) is 0 Å². The van der Waals surface area contributed by atoms with Gasteiger partial charge in [0.25, 0.3) is 5.91 Å². The monoisotopic (exact) mass is 573 g/mol. The van der Waals surface area contributed by atoms with Gasteiger partial charge in [-0.25, -0.2) is 9.78 Å². The number of pyridine rings is 1. The lowest BCUT2D eigenvalue weighted by molar-refractivity contribution is -0.138. The first-order valence-corrected chi connectivity index (χ1v) is 13.1. The van der Waals surface area contributed by atoms with E-state index < -0.39 is 65.8 Å². The number of aliphatic carboxylic acids is 1. The molecule has 0 fully saturated rings. The number of nitrogens with one attached hydrogen (secondary N) is 4. The van der Waals surface area contributed by atoms with E-state index in [2.05, 4.69) is 41.6 Å². The second kappa shape index (κ2) is 13.1. The molecule has 4 amide bonds. The minimum Gasteiger partial charge on any atom is -0.481 e. The highest BCUT2D eigenvalue weighted by Crippen LogP contribution is 2.31. The SMILES string of the molecule is CC(C)[C@H](NC(=O)OC(C)(C)C)C(=O)NC(CCC(=O)O)C(=O)N1c2ncccc2C[C@H]1C(=O)NCc1nn[nH]n1. The van der Waals surface area contributed by atoms with Crippen LogP contribution in [0.5, 0.6) is 0 Å². The Morgan fingerprint density at radius 3 is 2.54 bits per heavy atom. The van der Waals surface area contributed by atoms with Crippen molar-refractivity contribution in [3.8, 4) is 0 Å². The maximum atomic E-state index is 14.0. The van der Waals surface area contributed by atoms with E-state index in [1.165, 1.54) is 11.1 Å². The van der Waals surface area contributed by atoms with Gasteiger partial charge in [0, 0.05) is 19.0 Å². The average molecular weight is 574 g/mol. The molecule has 0 spiro atoms. The Labute approximate surface area is 236 Å². The van der Waals surface area contributed by atoms with Crippen LogP contribution >= 0.6 is 0 Å². The summed E-state index contributed by atoms with van der Waals surface area (Å²) < 4.78 is 5.26. The summed E-state index contributed by atoms with van der Waals surface area (Å²) in [6.07, 6.45) is 0.0632. The number of hydrogen-bond acceptors (Lipinski definition) is 10. The first-order chi connectivity index (χ1) is 19.3. The van der Waals surface area contributed by atoms with Gasteiger partial charge in [0.2, 0.25) is 11.8 Å². The number of carboxylic acids is 1. The number of carbonyl (C=O) groups excluding carboxylic acids is 4. The van der Waals surface area contributed by atoms with Crippen LogP contribution in [-0.4, -0.2) is 84.2 Å². The number of nitrogens with zero attached hydrogens (tertiary/aromatic N) is 5. The molecule has 0 saturated carbocycles. The predicted octanol–water partition coefficient (Wildman–Crippen LogP) is 0.0677. The molecule has 2 aromatic rings. The first kappa shape index (κ1) is 30.9. The van der Waals surface area contributed by atoms with E-state index >= 15 is 0 Å². The number of rotatable bonds is 11. The van der Waals surface area contributed by atoms with Crippen molar-refractivity contribution in [2.75, 3.05) is 4.90 Å². The fraction of sp³-hybridized carbons (Fsp3) is 0.560. The zero-order valence-electron chi connectivity index (χ0n) is 23.5. The number of carboxylic acid groups (broad SMARTS) is 1. The van der Waals surface area contributed by atoms with Crippen LogP contribution in [0.1, 0.15) is 58.8 Å². The van der Waals surface area contributed by atoms with Gasteiger partial charge in [-0.1, -0.05) is 25.1 Å². The van der Waals surface area contributed by atoms with Crippen molar-refractivity contribution in [2.24, 2.45) is 5.92 Å². The topological polar surface area (TPSA) is 221 Å². The minimum atomic E-state index is -1.35. The Bertz CT molecular complexity index is 1260. The Kier molecular flexibility index (Phi) is 9.91. The van der Waals surface area contributed by atoms with Gasteiger partial charge in [-0.2, -0.15) is 5.21 Å². The summed E-state index contributed by atoms with van der Waals surface area (Å²) in [7, 11) is 0. The highest BCUT2D eigenvalue weighted by atomic mass is 16.6. The number of fused-ring (bicyclic) bond motifs is 1. The van der Waals surface area contributed by atoms with Gasteiger partial charge in [0.1, 0.15) is 29.5 Å². The van der Waals surface area contributed by atoms with Gasteiger partial charge in [-0.3, -0.25) is 24.1 Å². The maximum Gasteiger partial charge on any atom is 0.408 e. The number of aromatic amines is 1. The fourth-order valence-corrected chi connectivity index (χ4v) is 4.19. The molecule has 3 heterocycles. The molecule has 1 unspecified atom stereocenters. The van der Waals surface area contributed by atoms with Crippen molar-refractivity contribution in [3.05, 3.63) is 29.7 Å². The molecule has 0 aromatic carbocycles. The molecule has 1 aliphatic rings. The molecular weight excluding hydrogens is 538 g/mol. The zero-order chi connectivity index (χ0) is 30.3. The van der Waals surface area contributed by atoms with Gasteiger partial charge in [-0.15, -0.1) is 10.2 Å². The molecular formula is C25H35N9O7. The fourth-order valence-electron chi connectivity index (χ4n) is 4.19. The first-order valence-electron chi connectivity index (χ1n) is 13.1. The molecule has 2 aromatic heterocycles. The Morgan fingerprint density at radius 2 is 1.93 bits per heavy atom. The third kappa shape index (κ3) is 8.43. The normalized spacial score (nSPS) is 16.0. The van der Waals surface area contributed by atoms with Crippen molar-refractivity contribution in [3.63, 3.8) is 0 Å². The number of ether oxygens (including phenoxy) is 1. The lowest BCUT2D eigenvalue weighted by Gasteiger charge is -2.30. The number of alkyl carbamates (subject to hydrolysis) is 1. The third-order valence-electron chi connectivity index (χ3n) is 6.05. The third-order valence-corrected chi connectivity index (χ3v) is 6.05. The molecule has 0 saturated heterocycles. The van der Waals surface area contributed by atoms with E-state index in [1.807, 2.05) is 0 Å². The summed E-state index contributed by atoms with van der Waals surface area (Å²) in [5.74, 6) is -3.11. The summed E-state index contributed by atoms with van der Waals surface area (Å²) in [4.78, 5) is 69.7. The van der Waals surface area contributed by atoms with Gasteiger partial charge in [-0.05, 0) is 44.7 Å². The van der Waals surface area contributed by atoms with Gasteiger partial charge >= 0.3 is 12.1 Å². The number of carbonyl (C=O) groups is 5. The molecule has 0 radical (unpaired) electrons. The van der Waals surface area contributed by atoms with E-state index in [4.69, 9.17) is 4.74 Å². The van der Waals surface area contributed by atoms with E-state index in [9.17, 15) is 29.1 Å². The molecule has 0 aliphatic carbocycles. The second-order valence-electron chi connectivity index (χ2n) is 10.8. The van der Waals surface area contributed by atoms with Crippen LogP contribution in [0.25, 0.3) is 0 Å². The van der Waals surface area contributed by atoms with Gasteiger partial charge in [0.05, 0.1) is 6.54 Å². The molecule has 5 N–H and O–H groups in total. The Morgan fingerprint density at radius 1 is 1.20 bits per heavy atom. The minimum absolute atomic E-state index is 0.0524. The van der Waals surface area contributed by atoms with Crippen molar-refractivity contribution in [1.82, 2.24) is 41.6 Å². The van der Waals surface area contributed by atoms with Crippen LogP contribution in [0.3, 0.4) is 0 Å². The Balaban J connectivity index is 1.85. The number of amides is 4. The van der Waals surface area contributed by atoms with E-state index in [0.717, 1.165) is 0 Å². The summed E-state index contributed by atoms with van der Waals surface area (Å²) in [6.45, 7) is 8.36. The highest BCUT2D eigenvalue weighted by Gasteiger charge is 2.42. The van der Waals surface area contributed by atoms with Gasteiger partial charge < -0.3 is 25.8 Å². The quantitative estimate of drug-likeness (QED) is 0.242. The molecule has 3 atom stereocenters. The van der Waals surface area contributed by atoms with Crippen molar-refractivity contribution in [2.45, 2.75) is 84.2 Å². The number of aromatic nitrogens is 5. The predicted molar refractivity (Wildman–Crippen MR) is 142 cm³/mol. The zero-order valence-corrected chi connectivity index (χ0v) is 23.5. The van der Waals surface area contributed by atoms with Crippen LogP contribution in [0, 0.1) is 5.92 Å². The second-order valence-corrected chi connectivity index (χ2v) is 10.8. The lowest BCUT2D eigenvalue weighted by Crippen LogP contribution is -2.58. The number of anilines is 1. The van der Waals surface area contributed by atoms with Crippen LogP contribution in [0.15, 0.2) is 18.3 Å². The molecule has 222 valence electrons. The van der Waals surface area contributed by atoms with Crippen LogP contribution in [0.2, 0.25) is 0 Å². The Hall–Kier alpha value is -4.63. The summed E-state index contributed by atoms with van der Waals surface area (Å²) in [5.41, 5.74) is -0.187. The van der Waals surface area contributed by atoms with E-state index in [-0.39, 0.29) is 31.0 Å². The largest absolute Gasteiger partial charge is 0.481 e. The molecule has 41 heavy (non-hydrogen) atoms. The highest BCUT2D eigenvalue weighted by molar-refractivity contribution is 6.06. The molecule has 3 rings (SSSR count). The summed E-state index contributed by atoms with van der Waals surface area (Å²) in [5, 5.41) is 30.4. The number of hydrogen-bond donors (Lipinski definition) is 5.